The second-order valence-corrected chi connectivity index (χ2v) is 7.68. The van der Waals surface area contributed by atoms with Crippen molar-refractivity contribution in [1.82, 2.24) is 14.5 Å². The Morgan fingerprint density at radius 1 is 1.00 bits per heavy atom. The minimum absolute atomic E-state index is 0.0966. The number of nitrogens with one attached hydrogen (secondary N) is 2. The topological polar surface area (TPSA) is 98.8 Å². The summed E-state index contributed by atoms with van der Waals surface area (Å²) in [5.41, 5.74) is 0.526. The van der Waals surface area contributed by atoms with Gasteiger partial charge in [0.15, 0.2) is 0 Å². The quantitative estimate of drug-likeness (QED) is 0.653. The fourth-order valence-corrected chi connectivity index (χ4v) is 3.09. The fourth-order valence-electron chi connectivity index (χ4n) is 2.07. The Morgan fingerprint density at radius 3 is 2.08 bits per heavy atom. The van der Waals surface area contributed by atoms with Crippen molar-refractivity contribution in [2.45, 2.75) is 18.7 Å². The SMILES string of the molecule is CC(=O)Nc1ccc(S(=O)(=O)NCCN(CCN(C)C)C(C)=O)cc1. The van der Waals surface area contributed by atoms with E-state index >= 15 is 0 Å². The van der Waals surface area contributed by atoms with Gasteiger partial charge in [-0.3, -0.25) is 9.59 Å². The Kier molecular flexibility index (Phi) is 8.01. The zero-order chi connectivity index (χ0) is 19.0. The standard InChI is InChI=1S/C16H26N4O4S/c1-13(21)18-15-5-7-16(8-6-15)25(23,24)17-9-10-20(14(2)22)12-11-19(3)4/h5-8,17H,9-12H2,1-4H3,(H,18,21). The lowest BCUT2D eigenvalue weighted by atomic mass is 10.3. The summed E-state index contributed by atoms with van der Waals surface area (Å²) in [4.78, 5) is 26.2. The molecule has 0 heterocycles. The van der Waals surface area contributed by atoms with E-state index in [1.165, 1.54) is 38.1 Å². The molecule has 8 nitrogen and oxygen atoms in total. The number of likely N-dealkylation sites (N-methyl/N-ethyl adjacent to an activating group) is 1. The molecule has 0 saturated carbocycles. The molecule has 0 bridgehead atoms. The van der Waals surface area contributed by atoms with Crippen LogP contribution in [0.4, 0.5) is 5.69 Å². The first kappa shape index (κ1) is 21.1. The lowest BCUT2D eigenvalue weighted by Crippen LogP contribution is -2.40. The third kappa shape index (κ3) is 7.63. The van der Waals surface area contributed by atoms with E-state index in [0.29, 0.717) is 25.3 Å². The van der Waals surface area contributed by atoms with Crippen molar-refractivity contribution < 1.29 is 18.0 Å². The number of rotatable bonds is 9. The van der Waals surface area contributed by atoms with Gasteiger partial charge in [0.2, 0.25) is 21.8 Å². The van der Waals surface area contributed by atoms with Crippen molar-refractivity contribution >= 4 is 27.5 Å². The molecule has 2 amide bonds. The van der Waals surface area contributed by atoms with Crippen molar-refractivity contribution in [3.8, 4) is 0 Å². The first-order chi connectivity index (χ1) is 11.6. The summed E-state index contributed by atoms with van der Waals surface area (Å²) in [5.74, 6) is -0.323. The largest absolute Gasteiger partial charge is 0.340 e. The van der Waals surface area contributed by atoms with E-state index in [9.17, 15) is 18.0 Å². The van der Waals surface area contributed by atoms with E-state index in [-0.39, 0.29) is 23.3 Å². The zero-order valence-electron chi connectivity index (χ0n) is 15.1. The number of anilines is 1. The van der Waals surface area contributed by atoms with E-state index in [1.807, 2.05) is 19.0 Å². The first-order valence-electron chi connectivity index (χ1n) is 7.89. The van der Waals surface area contributed by atoms with Crippen LogP contribution in [0, 0.1) is 0 Å². The molecule has 0 unspecified atom stereocenters. The molecule has 140 valence electrons. The van der Waals surface area contributed by atoms with Gasteiger partial charge in [0, 0.05) is 45.7 Å². The van der Waals surface area contributed by atoms with Gasteiger partial charge in [-0.25, -0.2) is 13.1 Å². The molecule has 0 spiro atoms. The molecule has 0 aromatic heterocycles. The molecule has 0 atom stereocenters. The maximum atomic E-state index is 12.3. The normalized spacial score (nSPS) is 11.4. The highest BCUT2D eigenvalue weighted by molar-refractivity contribution is 7.89. The second kappa shape index (κ2) is 9.50. The van der Waals surface area contributed by atoms with Crippen molar-refractivity contribution in [3.05, 3.63) is 24.3 Å². The summed E-state index contributed by atoms with van der Waals surface area (Å²) >= 11 is 0. The highest BCUT2D eigenvalue weighted by Gasteiger charge is 2.15. The molecule has 0 aliphatic heterocycles. The van der Waals surface area contributed by atoms with Gasteiger partial charge in [-0.15, -0.1) is 0 Å². The Bertz CT molecular complexity index is 687. The number of benzene rings is 1. The molecule has 0 fully saturated rings. The third-order valence-electron chi connectivity index (χ3n) is 3.42. The average Bonchev–Trinajstić information content (AvgIpc) is 2.50. The van der Waals surface area contributed by atoms with E-state index in [1.54, 1.807) is 4.90 Å². The second-order valence-electron chi connectivity index (χ2n) is 5.91. The van der Waals surface area contributed by atoms with Crippen LogP contribution in [0.1, 0.15) is 13.8 Å². The highest BCUT2D eigenvalue weighted by Crippen LogP contribution is 2.13. The summed E-state index contributed by atoms with van der Waals surface area (Å²) < 4.78 is 27.0. The van der Waals surface area contributed by atoms with Crippen molar-refractivity contribution in [2.75, 3.05) is 45.6 Å². The van der Waals surface area contributed by atoms with Crippen molar-refractivity contribution in [3.63, 3.8) is 0 Å². The molecular weight excluding hydrogens is 344 g/mol. The molecular formula is C16H26N4O4S. The molecule has 0 saturated heterocycles. The van der Waals surface area contributed by atoms with E-state index < -0.39 is 10.0 Å². The van der Waals surface area contributed by atoms with Crippen LogP contribution in [0.25, 0.3) is 0 Å². The lowest BCUT2D eigenvalue weighted by molar-refractivity contribution is -0.128. The first-order valence-corrected chi connectivity index (χ1v) is 9.37. The molecule has 1 aromatic rings. The molecule has 0 aliphatic rings. The number of carbonyl (C=O) groups excluding carboxylic acids is 2. The minimum Gasteiger partial charge on any atom is -0.340 e. The van der Waals surface area contributed by atoms with Gasteiger partial charge in [0.1, 0.15) is 0 Å². The van der Waals surface area contributed by atoms with Crippen LogP contribution in [0.3, 0.4) is 0 Å². The molecule has 0 aliphatic carbocycles. The zero-order valence-corrected chi connectivity index (χ0v) is 15.9. The summed E-state index contributed by atoms with van der Waals surface area (Å²) in [6.07, 6.45) is 0. The van der Waals surface area contributed by atoms with E-state index in [4.69, 9.17) is 0 Å². The third-order valence-corrected chi connectivity index (χ3v) is 4.90. The number of amides is 2. The van der Waals surface area contributed by atoms with E-state index in [2.05, 4.69) is 10.0 Å². The lowest BCUT2D eigenvalue weighted by Gasteiger charge is -2.23. The van der Waals surface area contributed by atoms with Gasteiger partial charge in [0.05, 0.1) is 4.90 Å². The highest BCUT2D eigenvalue weighted by atomic mass is 32.2. The summed E-state index contributed by atoms with van der Waals surface area (Å²) in [5, 5.41) is 2.57. The maximum Gasteiger partial charge on any atom is 0.240 e. The van der Waals surface area contributed by atoms with E-state index in [0.717, 1.165) is 0 Å². The summed E-state index contributed by atoms with van der Waals surface area (Å²) in [6.45, 7) is 4.51. The number of nitrogens with zero attached hydrogens (tertiary/aromatic N) is 2. The van der Waals surface area contributed by atoms with Crippen LogP contribution >= 0.6 is 0 Å². The van der Waals surface area contributed by atoms with Gasteiger partial charge in [-0.1, -0.05) is 0 Å². The van der Waals surface area contributed by atoms with Crippen LogP contribution in [-0.2, 0) is 19.6 Å². The van der Waals surface area contributed by atoms with Crippen LogP contribution in [-0.4, -0.2) is 70.3 Å². The van der Waals surface area contributed by atoms with Crippen LogP contribution in [0.15, 0.2) is 29.2 Å². The van der Waals surface area contributed by atoms with Crippen LogP contribution < -0.4 is 10.0 Å². The Labute approximate surface area is 149 Å². The Hall–Kier alpha value is -1.97. The molecule has 1 rings (SSSR count). The molecule has 9 heteroatoms. The maximum absolute atomic E-state index is 12.3. The summed E-state index contributed by atoms with van der Waals surface area (Å²) in [6, 6.07) is 5.88. The predicted molar refractivity (Wildman–Crippen MR) is 96.7 cm³/mol. The Balaban J connectivity index is 2.62. The van der Waals surface area contributed by atoms with Crippen molar-refractivity contribution in [2.24, 2.45) is 0 Å². The van der Waals surface area contributed by atoms with Gasteiger partial charge in [0.25, 0.3) is 0 Å². The molecule has 0 radical (unpaired) electrons. The monoisotopic (exact) mass is 370 g/mol. The predicted octanol–water partition coefficient (Wildman–Crippen LogP) is 0.333. The fraction of sp³-hybridized carbons (Fsp3) is 0.500. The number of hydrogen-bond donors (Lipinski definition) is 2. The minimum atomic E-state index is -3.67. The Morgan fingerprint density at radius 2 is 1.60 bits per heavy atom. The smallest absolute Gasteiger partial charge is 0.240 e. The summed E-state index contributed by atoms with van der Waals surface area (Å²) in [7, 11) is 0.148. The van der Waals surface area contributed by atoms with Gasteiger partial charge >= 0.3 is 0 Å². The van der Waals surface area contributed by atoms with Gasteiger partial charge < -0.3 is 15.1 Å². The van der Waals surface area contributed by atoms with Crippen LogP contribution in [0.5, 0.6) is 0 Å². The number of sulfonamides is 1. The molecule has 1 aromatic carbocycles. The number of hydrogen-bond acceptors (Lipinski definition) is 5. The number of carbonyl (C=O) groups is 2. The van der Waals surface area contributed by atoms with Crippen molar-refractivity contribution in [1.29, 1.82) is 0 Å². The van der Waals surface area contributed by atoms with Crippen LogP contribution in [0.2, 0.25) is 0 Å². The van der Waals surface area contributed by atoms with Gasteiger partial charge in [-0.2, -0.15) is 0 Å². The molecule has 25 heavy (non-hydrogen) atoms. The van der Waals surface area contributed by atoms with Gasteiger partial charge in [-0.05, 0) is 38.4 Å². The average molecular weight is 370 g/mol. The molecule has 2 N–H and O–H groups in total.